The zero-order chi connectivity index (χ0) is 16.1. The highest BCUT2D eigenvalue weighted by Crippen LogP contribution is 2.24. The number of hydrazine groups is 1. The third kappa shape index (κ3) is 4.25. The Kier molecular flexibility index (Phi) is 5.46. The molecule has 22 heavy (non-hydrogen) atoms. The van der Waals surface area contributed by atoms with Gasteiger partial charge in [-0.3, -0.25) is 20.4 Å². The number of para-hydroxylation sites is 1. The van der Waals surface area contributed by atoms with Gasteiger partial charge in [-0.25, -0.2) is 0 Å². The number of hydrogen-bond acceptors (Lipinski definition) is 3. The molecule has 0 aliphatic heterocycles. The highest BCUT2D eigenvalue weighted by atomic mass is 79.9. The molecule has 0 spiro atoms. The molecule has 1 atom stereocenters. The Bertz CT molecular complexity index is 689. The Morgan fingerprint density at radius 2 is 2.05 bits per heavy atom. The number of halogens is 2. The third-order valence-corrected chi connectivity index (χ3v) is 3.47. The first-order chi connectivity index (χ1) is 10.5. The number of carbonyl (C=O) groups is 2. The molecule has 1 heterocycles. The summed E-state index contributed by atoms with van der Waals surface area (Å²) < 4.78 is 6.17. The van der Waals surface area contributed by atoms with Gasteiger partial charge in [0, 0.05) is 10.7 Å². The maximum atomic E-state index is 11.9. The molecule has 0 radical (unpaired) electrons. The number of hydrogen-bond donors (Lipinski definition) is 3. The second kappa shape index (κ2) is 7.33. The van der Waals surface area contributed by atoms with Crippen molar-refractivity contribution in [2.75, 3.05) is 0 Å². The number of aromatic nitrogens is 1. The molecule has 1 unspecified atom stereocenters. The van der Waals surface area contributed by atoms with E-state index >= 15 is 0 Å². The van der Waals surface area contributed by atoms with Gasteiger partial charge in [0.15, 0.2) is 6.10 Å². The van der Waals surface area contributed by atoms with E-state index in [4.69, 9.17) is 16.3 Å². The second-order valence-electron chi connectivity index (χ2n) is 4.37. The summed E-state index contributed by atoms with van der Waals surface area (Å²) in [5, 5.41) is 0.405. The van der Waals surface area contributed by atoms with Crippen LogP contribution in [0.1, 0.15) is 17.4 Å². The van der Waals surface area contributed by atoms with Crippen LogP contribution in [0.3, 0.4) is 0 Å². The van der Waals surface area contributed by atoms with Crippen LogP contribution in [0.2, 0.25) is 5.02 Å². The van der Waals surface area contributed by atoms with Gasteiger partial charge in [0.1, 0.15) is 11.4 Å². The van der Waals surface area contributed by atoms with Crippen molar-refractivity contribution in [3.63, 3.8) is 0 Å². The topological polar surface area (TPSA) is 83.2 Å². The standard InChI is InChI=1S/C14H13BrClN3O3/c1-8(22-12-5-3-2-4-10(12)16)13(20)18-19-14(21)11-6-9(15)7-17-11/h2-8,17H,1H3,(H,18,20)(H,19,21). The summed E-state index contributed by atoms with van der Waals surface area (Å²) in [6.45, 7) is 1.55. The maximum absolute atomic E-state index is 11.9. The van der Waals surface area contributed by atoms with Gasteiger partial charge >= 0.3 is 0 Å². The van der Waals surface area contributed by atoms with E-state index in [1.54, 1.807) is 43.5 Å². The highest BCUT2D eigenvalue weighted by Gasteiger charge is 2.17. The minimum absolute atomic E-state index is 0.312. The number of ether oxygens (including phenoxy) is 1. The van der Waals surface area contributed by atoms with Crippen molar-refractivity contribution in [1.82, 2.24) is 15.8 Å². The molecule has 1 aromatic carbocycles. The quantitative estimate of drug-likeness (QED) is 0.707. The minimum Gasteiger partial charge on any atom is -0.479 e. The molecule has 0 aliphatic carbocycles. The summed E-state index contributed by atoms with van der Waals surface area (Å²) in [4.78, 5) is 26.4. The van der Waals surface area contributed by atoms with E-state index in [1.165, 1.54) is 0 Å². The lowest BCUT2D eigenvalue weighted by molar-refractivity contribution is -0.128. The lowest BCUT2D eigenvalue weighted by atomic mass is 10.3. The van der Waals surface area contributed by atoms with Gasteiger partial charge in [0.2, 0.25) is 0 Å². The zero-order valence-corrected chi connectivity index (χ0v) is 13.9. The molecular weight excluding hydrogens is 374 g/mol. The van der Waals surface area contributed by atoms with E-state index in [2.05, 4.69) is 31.8 Å². The molecule has 1 aromatic heterocycles. The second-order valence-corrected chi connectivity index (χ2v) is 5.69. The van der Waals surface area contributed by atoms with Gasteiger partial charge < -0.3 is 9.72 Å². The molecule has 116 valence electrons. The number of amides is 2. The van der Waals surface area contributed by atoms with Gasteiger partial charge in [0.05, 0.1) is 5.02 Å². The fourth-order valence-corrected chi connectivity index (χ4v) is 2.09. The third-order valence-electron chi connectivity index (χ3n) is 2.70. The summed E-state index contributed by atoms with van der Waals surface area (Å²) >= 11 is 9.16. The van der Waals surface area contributed by atoms with Crippen molar-refractivity contribution >= 4 is 39.3 Å². The maximum Gasteiger partial charge on any atom is 0.286 e. The van der Waals surface area contributed by atoms with E-state index in [9.17, 15) is 9.59 Å². The van der Waals surface area contributed by atoms with Crippen molar-refractivity contribution in [2.24, 2.45) is 0 Å². The SMILES string of the molecule is CC(Oc1ccccc1Cl)C(=O)NNC(=O)c1cc(Br)c[nH]1. The van der Waals surface area contributed by atoms with Crippen LogP contribution in [0.4, 0.5) is 0 Å². The molecular formula is C14H13BrClN3O3. The Hall–Kier alpha value is -1.99. The Balaban J connectivity index is 1.86. The fourth-order valence-electron chi connectivity index (χ4n) is 1.57. The minimum atomic E-state index is -0.824. The lowest BCUT2D eigenvalue weighted by Gasteiger charge is -2.15. The highest BCUT2D eigenvalue weighted by molar-refractivity contribution is 9.10. The largest absolute Gasteiger partial charge is 0.479 e. The average Bonchev–Trinajstić information content (AvgIpc) is 2.93. The number of aromatic amines is 1. The number of H-pyrrole nitrogens is 1. The smallest absolute Gasteiger partial charge is 0.286 e. The fraction of sp³-hybridized carbons (Fsp3) is 0.143. The molecule has 0 saturated carbocycles. The van der Waals surface area contributed by atoms with Crippen molar-refractivity contribution in [1.29, 1.82) is 0 Å². The van der Waals surface area contributed by atoms with Crippen LogP contribution in [0.5, 0.6) is 5.75 Å². The summed E-state index contributed by atoms with van der Waals surface area (Å²) in [6.07, 6.45) is 0.787. The first-order valence-corrected chi connectivity index (χ1v) is 7.50. The van der Waals surface area contributed by atoms with Crippen molar-refractivity contribution in [3.05, 3.63) is 51.7 Å². The average molecular weight is 387 g/mol. The van der Waals surface area contributed by atoms with Gasteiger partial charge in [-0.2, -0.15) is 0 Å². The van der Waals surface area contributed by atoms with Crippen LogP contribution in [-0.2, 0) is 4.79 Å². The van der Waals surface area contributed by atoms with E-state index < -0.39 is 17.9 Å². The molecule has 0 bridgehead atoms. The van der Waals surface area contributed by atoms with Crippen LogP contribution >= 0.6 is 27.5 Å². The van der Waals surface area contributed by atoms with Crippen LogP contribution < -0.4 is 15.6 Å². The lowest BCUT2D eigenvalue weighted by Crippen LogP contribution is -2.47. The van der Waals surface area contributed by atoms with Crippen LogP contribution in [0.25, 0.3) is 0 Å². The molecule has 3 N–H and O–H groups in total. The molecule has 2 amide bonds. The number of rotatable bonds is 4. The van der Waals surface area contributed by atoms with Gasteiger partial charge in [-0.15, -0.1) is 0 Å². The summed E-state index contributed by atoms with van der Waals surface area (Å²) in [6, 6.07) is 8.41. The van der Waals surface area contributed by atoms with Crippen LogP contribution in [0, 0.1) is 0 Å². The van der Waals surface area contributed by atoms with Crippen molar-refractivity contribution < 1.29 is 14.3 Å². The van der Waals surface area contributed by atoms with Crippen molar-refractivity contribution in [2.45, 2.75) is 13.0 Å². The summed E-state index contributed by atoms with van der Waals surface area (Å²) in [5.41, 5.74) is 4.89. The van der Waals surface area contributed by atoms with Crippen molar-refractivity contribution in [3.8, 4) is 5.75 Å². The summed E-state index contributed by atoms with van der Waals surface area (Å²) in [7, 11) is 0. The molecule has 0 saturated heterocycles. The zero-order valence-electron chi connectivity index (χ0n) is 11.5. The number of carbonyl (C=O) groups excluding carboxylic acids is 2. The van der Waals surface area contributed by atoms with Gasteiger partial charge in [-0.1, -0.05) is 23.7 Å². The van der Waals surface area contributed by atoms with E-state index in [0.717, 1.165) is 4.47 Å². The molecule has 0 aliphatic rings. The Morgan fingerprint density at radius 3 is 2.68 bits per heavy atom. The monoisotopic (exact) mass is 385 g/mol. The van der Waals surface area contributed by atoms with E-state index in [0.29, 0.717) is 16.5 Å². The molecule has 2 aromatic rings. The Morgan fingerprint density at radius 1 is 1.32 bits per heavy atom. The molecule has 0 fully saturated rings. The van der Waals surface area contributed by atoms with Gasteiger partial charge in [0.25, 0.3) is 11.8 Å². The predicted molar refractivity (Wildman–Crippen MR) is 85.6 cm³/mol. The first-order valence-electron chi connectivity index (χ1n) is 6.32. The number of nitrogens with one attached hydrogen (secondary N) is 3. The molecule has 2 rings (SSSR count). The van der Waals surface area contributed by atoms with E-state index in [-0.39, 0.29) is 0 Å². The predicted octanol–water partition coefficient (Wildman–Crippen LogP) is 2.66. The summed E-state index contributed by atoms with van der Waals surface area (Å²) in [5.74, 6) is -0.575. The van der Waals surface area contributed by atoms with Gasteiger partial charge in [-0.05, 0) is 41.1 Å². The van der Waals surface area contributed by atoms with E-state index in [1.807, 2.05) is 0 Å². The van der Waals surface area contributed by atoms with Crippen LogP contribution in [0.15, 0.2) is 41.0 Å². The molecule has 6 nitrogen and oxygen atoms in total. The first kappa shape index (κ1) is 16.4. The molecule has 8 heteroatoms. The number of benzene rings is 1. The normalized spacial score (nSPS) is 11.6. The Labute approximate surface area is 140 Å². The van der Waals surface area contributed by atoms with Crippen LogP contribution in [-0.4, -0.2) is 22.9 Å².